The average Bonchev–Trinajstić information content (AvgIpc) is 2.42. The molecule has 2 heterocycles. The second-order valence-electron chi connectivity index (χ2n) is 5.50. The number of aryl methyl sites for hydroxylation is 2. The molecule has 0 aliphatic heterocycles. The fourth-order valence-corrected chi connectivity index (χ4v) is 2.23. The van der Waals surface area contributed by atoms with Crippen molar-refractivity contribution in [3.05, 3.63) is 51.3 Å². The Labute approximate surface area is 124 Å². The Hall–Kier alpha value is -2.17. The molecule has 0 aliphatic carbocycles. The van der Waals surface area contributed by atoms with Gasteiger partial charge in [-0.1, -0.05) is 13.8 Å². The van der Waals surface area contributed by atoms with E-state index >= 15 is 0 Å². The summed E-state index contributed by atoms with van der Waals surface area (Å²) in [6.07, 6.45) is 1.59. The molecule has 0 N–H and O–H groups in total. The number of hydrogen-bond acceptors (Lipinski definition) is 4. The zero-order chi connectivity index (χ0) is 15.6. The minimum absolute atomic E-state index is 0.0595. The van der Waals surface area contributed by atoms with E-state index in [-0.39, 0.29) is 11.5 Å². The molecule has 21 heavy (non-hydrogen) atoms. The molecule has 0 saturated heterocycles. The van der Waals surface area contributed by atoms with Crippen molar-refractivity contribution in [1.82, 2.24) is 14.5 Å². The summed E-state index contributed by atoms with van der Waals surface area (Å²) in [5.74, 6) is 0.803. The van der Waals surface area contributed by atoms with Crippen LogP contribution in [0.15, 0.2) is 23.3 Å². The standard InChI is InChI=1S/C16H21N3O2/c1-10(2)14-7-15(20)19(9-17-14)8-13-11(3)6-12(4)18-16(13)21-5/h6-7,9-10H,8H2,1-5H3. The van der Waals surface area contributed by atoms with Crippen LogP contribution in [0.2, 0.25) is 0 Å². The van der Waals surface area contributed by atoms with Crippen molar-refractivity contribution < 1.29 is 4.74 Å². The molecule has 0 bridgehead atoms. The number of rotatable bonds is 4. The van der Waals surface area contributed by atoms with Gasteiger partial charge in [0, 0.05) is 17.3 Å². The molecule has 5 nitrogen and oxygen atoms in total. The third-order valence-electron chi connectivity index (χ3n) is 3.45. The summed E-state index contributed by atoms with van der Waals surface area (Å²) in [4.78, 5) is 20.9. The molecular formula is C16H21N3O2. The van der Waals surface area contributed by atoms with Gasteiger partial charge in [0.15, 0.2) is 0 Å². The van der Waals surface area contributed by atoms with Gasteiger partial charge in [0.25, 0.3) is 5.56 Å². The SMILES string of the molecule is COc1nc(C)cc(C)c1Cn1cnc(C(C)C)cc1=O. The smallest absolute Gasteiger partial charge is 0.253 e. The lowest BCUT2D eigenvalue weighted by atomic mass is 10.1. The minimum atomic E-state index is -0.0595. The monoisotopic (exact) mass is 287 g/mol. The van der Waals surface area contributed by atoms with Crippen molar-refractivity contribution in [2.75, 3.05) is 7.11 Å². The van der Waals surface area contributed by atoms with Gasteiger partial charge in [-0.05, 0) is 31.4 Å². The van der Waals surface area contributed by atoms with Crippen LogP contribution in [-0.2, 0) is 6.54 Å². The van der Waals surface area contributed by atoms with Crippen molar-refractivity contribution in [1.29, 1.82) is 0 Å². The summed E-state index contributed by atoms with van der Waals surface area (Å²) in [7, 11) is 1.59. The van der Waals surface area contributed by atoms with Gasteiger partial charge in [-0.3, -0.25) is 9.36 Å². The molecule has 0 spiro atoms. The lowest BCUT2D eigenvalue weighted by Crippen LogP contribution is -2.22. The summed E-state index contributed by atoms with van der Waals surface area (Å²) in [5, 5.41) is 0. The maximum absolute atomic E-state index is 12.2. The Morgan fingerprint density at radius 1 is 1.29 bits per heavy atom. The minimum Gasteiger partial charge on any atom is -0.481 e. The van der Waals surface area contributed by atoms with E-state index in [1.54, 1.807) is 24.1 Å². The molecule has 2 aromatic heterocycles. The van der Waals surface area contributed by atoms with Crippen LogP contribution >= 0.6 is 0 Å². The first-order chi connectivity index (χ1) is 9.92. The van der Waals surface area contributed by atoms with Crippen molar-refractivity contribution in [2.45, 2.75) is 40.2 Å². The highest BCUT2D eigenvalue weighted by Gasteiger charge is 2.12. The second kappa shape index (κ2) is 6.08. The second-order valence-corrected chi connectivity index (χ2v) is 5.50. The zero-order valence-corrected chi connectivity index (χ0v) is 13.2. The number of hydrogen-bond donors (Lipinski definition) is 0. The molecule has 0 radical (unpaired) electrons. The summed E-state index contributed by atoms with van der Waals surface area (Å²) in [6, 6.07) is 3.58. The third-order valence-corrected chi connectivity index (χ3v) is 3.45. The van der Waals surface area contributed by atoms with E-state index in [0.717, 1.165) is 22.5 Å². The summed E-state index contributed by atoms with van der Waals surface area (Å²) in [5.41, 5.74) is 3.61. The third kappa shape index (κ3) is 3.29. The van der Waals surface area contributed by atoms with Crippen LogP contribution < -0.4 is 10.3 Å². The molecule has 112 valence electrons. The van der Waals surface area contributed by atoms with Crippen molar-refractivity contribution in [3.8, 4) is 5.88 Å². The highest BCUT2D eigenvalue weighted by Crippen LogP contribution is 2.21. The van der Waals surface area contributed by atoms with E-state index in [9.17, 15) is 4.79 Å². The maximum atomic E-state index is 12.2. The van der Waals surface area contributed by atoms with E-state index < -0.39 is 0 Å². The normalized spacial score (nSPS) is 11.0. The van der Waals surface area contributed by atoms with E-state index in [0.29, 0.717) is 12.4 Å². The lowest BCUT2D eigenvalue weighted by molar-refractivity contribution is 0.389. The van der Waals surface area contributed by atoms with Crippen molar-refractivity contribution in [2.24, 2.45) is 0 Å². The van der Waals surface area contributed by atoms with Crippen LogP contribution in [-0.4, -0.2) is 21.6 Å². The van der Waals surface area contributed by atoms with E-state index in [1.165, 1.54) is 0 Å². The topological polar surface area (TPSA) is 57.0 Å². The average molecular weight is 287 g/mol. The van der Waals surface area contributed by atoms with Crippen LogP contribution in [0.5, 0.6) is 5.88 Å². The number of nitrogens with zero attached hydrogens (tertiary/aromatic N) is 3. The van der Waals surface area contributed by atoms with Crippen LogP contribution in [0.4, 0.5) is 0 Å². The van der Waals surface area contributed by atoms with Crippen molar-refractivity contribution >= 4 is 0 Å². The molecule has 5 heteroatoms. The predicted octanol–water partition coefficient (Wildman–Crippen LogP) is 2.44. The van der Waals surface area contributed by atoms with Crippen LogP contribution in [0.1, 0.15) is 42.3 Å². The first-order valence-electron chi connectivity index (χ1n) is 7.00. The Kier molecular flexibility index (Phi) is 4.40. The molecule has 0 aromatic carbocycles. The number of pyridine rings is 1. The number of ether oxygens (including phenoxy) is 1. The molecule has 0 amide bonds. The molecule has 0 aliphatic rings. The maximum Gasteiger partial charge on any atom is 0.253 e. The summed E-state index contributed by atoms with van der Waals surface area (Å²) in [6.45, 7) is 8.36. The van der Waals surface area contributed by atoms with E-state index in [2.05, 4.69) is 9.97 Å². The predicted molar refractivity (Wildman–Crippen MR) is 82.0 cm³/mol. The first-order valence-corrected chi connectivity index (χ1v) is 7.00. The Morgan fingerprint density at radius 3 is 2.57 bits per heavy atom. The molecule has 0 saturated carbocycles. The van der Waals surface area contributed by atoms with Crippen molar-refractivity contribution in [3.63, 3.8) is 0 Å². The van der Waals surface area contributed by atoms with Crippen LogP contribution in [0.3, 0.4) is 0 Å². The molecular weight excluding hydrogens is 266 g/mol. The fraction of sp³-hybridized carbons (Fsp3) is 0.438. The Balaban J connectivity index is 2.41. The van der Waals surface area contributed by atoms with Gasteiger partial charge in [0.1, 0.15) is 0 Å². The molecule has 2 aromatic rings. The zero-order valence-electron chi connectivity index (χ0n) is 13.2. The largest absolute Gasteiger partial charge is 0.481 e. The summed E-state index contributed by atoms with van der Waals surface area (Å²) < 4.78 is 6.91. The highest BCUT2D eigenvalue weighted by molar-refractivity contribution is 5.36. The Morgan fingerprint density at radius 2 is 2.00 bits per heavy atom. The van der Waals surface area contributed by atoms with Crippen LogP contribution in [0, 0.1) is 13.8 Å². The van der Waals surface area contributed by atoms with Gasteiger partial charge in [0.2, 0.25) is 5.88 Å². The highest BCUT2D eigenvalue weighted by atomic mass is 16.5. The first kappa shape index (κ1) is 15.2. The Bertz CT molecular complexity index is 705. The molecule has 2 rings (SSSR count). The summed E-state index contributed by atoms with van der Waals surface area (Å²) >= 11 is 0. The van der Waals surface area contributed by atoms with E-state index in [4.69, 9.17) is 4.74 Å². The quantitative estimate of drug-likeness (QED) is 0.866. The molecule has 0 atom stereocenters. The van der Waals surface area contributed by atoms with Gasteiger partial charge in [-0.25, -0.2) is 9.97 Å². The number of aromatic nitrogens is 3. The van der Waals surface area contributed by atoms with Gasteiger partial charge in [0.05, 0.1) is 25.7 Å². The lowest BCUT2D eigenvalue weighted by Gasteiger charge is -2.13. The van der Waals surface area contributed by atoms with Gasteiger partial charge in [-0.2, -0.15) is 0 Å². The molecule has 0 fully saturated rings. The van der Waals surface area contributed by atoms with E-state index in [1.807, 2.05) is 33.8 Å². The van der Waals surface area contributed by atoms with Gasteiger partial charge >= 0.3 is 0 Å². The molecule has 0 unspecified atom stereocenters. The van der Waals surface area contributed by atoms with Crippen LogP contribution in [0.25, 0.3) is 0 Å². The van der Waals surface area contributed by atoms with Gasteiger partial charge < -0.3 is 4.74 Å². The number of methoxy groups -OCH3 is 1. The fourth-order valence-electron chi connectivity index (χ4n) is 2.23. The van der Waals surface area contributed by atoms with Gasteiger partial charge in [-0.15, -0.1) is 0 Å².